The number of benzene rings is 1. The zero-order valence-electron chi connectivity index (χ0n) is 10.5. The molecular formula is C15H11FN2O2. The molecule has 3 aromatic rings. The number of pyridine rings is 1. The van der Waals surface area contributed by atoms with Crippen molar-refractivity contribution in [3.8, 4) is 0 Å². The maximum absolute atomic E-state index is 13.4. The molecule has 0 bridgehead atoms. The first-order chi connectivity index (χ1) is 9.75. The number of furan rings is 1. The number of rotatable bonds is 3. The summed E-state index contributed by atoms with van der Waals surface area (Å²) in [5.74, 6) is -0.759. The van der Waals surface area contributed by atoms with Crippen LogP contribution in [0.3, 0.4) is 0 Å². The summed E-state index contributed by atoms with van der Waals surface area (Å²) < 4.78 is 18.7. The lowest BCUT2D eigenvalue weighted by atomic mass is 10.1. The van der Waals surface area contributed by atoms with E-state index < -0.39 is 5.82 Å². The summed E-state index contributed by atoms with van der Waals surface area (Å²) in [4.78, 5) is 16.0. The van der Waals surface area contributed by atoms with Gasteiger partial charge >= 0.3 is 0 Å². The largest absolute Gasteiger partial charge is 0.463 e. The summed E-state index contributed by atoms with van der Waals surface area (Å²) in [6, 6.07) is 10.1. The molecule has 4 nitrogen and oxygen atoms in total. The number of fused-ring (bicyclic) bond motifs is 1. The predicted molar refractivity (Wildman–Crippen MR) is 71.6 cm³/mol. The van der Waals surface area contributed by atoms with Gasteiger partial charge in [0.05, 0.1) is 17.8 Å². The first-order valence-corrected chi connectivity index (χ1v) is 6.09. The molecule has 2 heterocycles. The van der Waals surface area contributed by atoms with E-state index in [9.17, 15) is 9.18 Å². The van der Waals surface area contributed by atoms with Gasteiger partial charge in [0.25, 0.3) is 5.91 Å². The summed E-state index contributed by atoms with van der Waals surface area (Å²) in [7, 11) is 0. The van der Waals surface area contributed by atoms with Crippen molar-refractivity contribution in [1.29, 1.82) is 0 Å². The fourth-order valence-electron chi connectivity index (χ4n) is 1.96. The van der Waals surface area contributed by atoms with Crippen molar-refractivity contribution < 1.29 is 13.6 Å². The van der Waals surface area contributed by atoms with E-state index in [-0.39, 0.29) is 18.1 Å². The minimum absolute atomic E-state index is 0.0328. The predicted octanol–water partition coefficient (Wildman–Crippen LogP) is 2.90. The van der Waals surface area contributed by atoms with E-state index >= 15 is 0 Å². The van der Waals surface area contributed by atoms with Gasteiger partial charge in [-0.05, 0) is 18.2 Å². The molecule has 0 spiro atoms. The number of halogens is 1. The summed E-state index contributed by atoms with van der Waals surface area (Å²) >= 11 is 0. The van der Waals surface area contributed by atoms with E-state index in [2.05, 4.69) is 10.3 Å². The monoisotopic (exact) mass is 270 g/mol. The topological polar surface area (TPSA) is 55.1 Å². The van der Waals surface area contributed by atoms with E-state index in [0.717, 1.165) is 5.39 Å². The van der Waals surface area contributed by atoms with Crippen LogP contribution in [0.2, 0.25) is 0 Å². The minimum atomic E-state index is -0.440. The van der Waals surface area contributed by atoms with Gasteiger partial charge in [0.15, 0.2) is 0 Å². The molecule has 2 aromatic heterocycles. The molecule has 0 saturated heterocycles. The van der Waals surface area contributed by atoms with Crippen molar-refractivity contribution in [3.63, 3.8) is 0 Å². The van der Waals surface area contributed by atoms with Gasteiger partial charge in [-0.1, -0.05) is 18.2 Å². The van der Waals surface area contributed by atoms with Crippen LogP contribution in [0.5, 0.6) is 0 Å². The molecule has 0 atom stereocenters. The lowest BCUT2D eigenvalue weighted by Gasteiger charge is -2.04. The molecule has 0 saturated carbocycles. The highest BCUT2D eigenvalue weighted by Crippen LogP contribution is 2.20. The van der Waals surface area contributed by atoms with Crippen LogP contribution >= 0.6 is 0 Å². The quantitative estimate of drug-likeness (QED) is 0.796. The number of carbonyl (C=O) groups excluding carboxylic acids is 1. The number of aromatic nitrogens is 1. The molecule has 20 heavy (non-hydrogen) atoms. The smallest absolute Gasteiger partial charge is 0.255 e. The maximum atomic E-state index is 13.4. The van der Waals surface area contributed by atoms with Crippen molar-refractivity contribution in [3.05, 3.63) is 65.9 Å². The number of carbonyl (C=O) groups is 1. The fraction of sp³-hybridized carbons (Fsp3) is 0.0667. The zero-order valence-corrected chi connectivity index (χ0v) is 10.5. The normalized spacial score (nSPS) is 10.7. The van der Waals surface area contributed by atoms with Gasteiger partial charge < -0.3 is 9.73 Å². The lowest BCUT2D eigenvalue weighted by Crippen LogP contribution is -2.23. The average molecular weight is 270 g/mol. The summed E-state index contributed by atoms with van der Waals surface area (Å²) in [6.45, 7) is 0.0328. The Morgan fingerprint density at radius 3 is 2.95 bits per heavy atom. The summed E-state index contributed by atoms with van der Waals surface area (Å²) in [6.07, 6.45) is 2.88. The molecule has 1 aromatic carbocycles. The van der Waals surface area contributed by atoms with Crippen LogP contribution in [0.25, 0.3) is 11.0 Å². The van der Waals surface area contributed by atoms with E-state index in [1.54, 1.807) is 12.1 Å². The third-order valence-corrected chi connectivity index (χ3v) is 2.98. The van der Waals surface area contributed by atoms with Gasteiger partial charge in [0.2, 0.25) is 0 Å². The zero-order chi connectivity index (χ0) is 13.9. The highest BCUT2D eigenvalue weighted by molar-refractivity contribution is 6.05. The Morgan fingerprint density at radius 1 is 1.25 bits per heavy atom. The molecular weight excluding hydrogens is 259 g/mol. The summed E-state index contributed by atoms with van der Waals surface area (Å²) in [5, 5.41) is 3.36. The van der Waals surface area contributed by atoms with Crippen molar-refractivity contribution in [2.75, 3.05) is 0 Å². The molecule has 1 N–H and O–H groups in total. The molecule has 0 aliphatic heterocycles. The molecule has 0 aliphatic rings. The second kappa shape index (κ2) is 5.13. The van der Waals surface area contributed by atoms with Crippen LogP contribution in [0.15, 0.2) is 53.3 Å². The number of nitrogens with one attached hydrogen (secondary N) is 1. The lowest BCUT2D eigenvalue weighted by molar-refractivity contribution is 0.0951. The van der Waals surface area contributed by atoms with Crippen LogP contribution < -0.4 is 5.32 Å². The minimum Gasteiger partial charge on any atom is -0.463 e. The van der Waals surface area contributed by atoms with Crippen LogP contribution in [0.4, 0.5) is 4.39 Å². The Labute approximate surface area is 114 Å². The second-order valence-electron chi connectivity index (χ2n) is 4.26. The Bertz CT molecular complexity index is 767. The maximum Gasteiger partial charge on any atom is 0.255 e. The molecule has 0 fully saturated rings. The highest BCUT2D eigenvalue weighted by atomic mass is 19.1. The Balaban J connectivity index is 1.79. The van der Waals surface area contributed by atoms with E-state index in [0.29, 0.717) is 11.1 Å². The van der Waals surface area contributed by atoms with Gasteiger partial charge in [-0.25, -0.2) is 4.39 Å². The number of nitrogens with zero attached hydrogens (tertiary/aromatic N) is 1. The molecule has 3 rings (SSSR count). The van der Waals surface area contributed by atoms with Crippen molar-refractivity contribution in [2.45, 2.75) is 6.54 Å². The molecule has 1 amide bonds. The van der Waals surface area contributed by atoms with E-state index in [1.165, 1.54) is 24.6 Å². The Morgan fingerprint density at radius 2 is 2.10 bits per heavy atom. The van der Waals surface area contributed by atoms with Gasteiger partial charge in [-0.2, -0.15) is 0 Å². The van der Waals surface area contributed by atoms with Crippen LogP contribution in [0.1, 0.15) is 16.1 Å². The van der Waals surface area contributed by atoms with Crippen molar-refractivity contribution in [1.82, 2.24) is 10.3 Å². The van der Waals surface area contributed by atoms with Crippen molar-refractivity contribution in [2.24, 2.45) is 0 Å². The first-order valence-electron chi connectivity index (χ1n) is 6.09. The van der Waals surface area contributed by atoms with E-state index in [1.807, 2.05) is 12.1 Å². The van der Waals surface area contributed by atoms with Gasteiger partial charge in [-0.3, -0.25) is 9.78 Å². The number of amides is 1. The Hall–Kier alpha value is -2.69. The SMILES string of the molecule is O=C(NCc1ncccc1F)c1coc2ccccc12. The van der Waals surface area contributed by atoms with Gasteiger partial charge in [0.1, 0.15) is 17.7 Å². The van der Waals surface area contributed by atoms with E-state index in [4.69, 9.17) is 4.42 Å². The number of hydrogen-bond acceptors (Lipinski definition) is 3. The third-order valence-electron chi connectivity index (χ3n) is 2.98. The molecule has 0 radical (unpaired) electrons. The fourth-order valence-corrected chi connectivity index (χ4v) is 1.96. The van der Waals surface area contributed by atoms with Gasteiger partial charge in [-0.15, -0.1) is 0 Å². The highest BCUT2D eigenvalue weighted by Gasteiger charge is 2.13. The van der Waals surface area contributed by atoms with Crippen LogP contribution in [-0.4, -0.2) is 10.9 Å². The summed E-state index contributed by atoms with van der Waals surface area (Å²) in [5.41, 5.74) is 1.27. The Kier molecular flexibility index (Phi) is 3.16. The van der Waals surface area contributed by atoms with Crippen LogP contribution in [-0.2, 0) is 6.54 Å². The van der Waals surface area contributed by atoms with Gasteiger partial charge in [0, 0.05) is 11.6 Å². The second-order valence-corrected chi connectivity index (χ2v) is 4.26. The van der Waals surface area contributed by atoms with Crippen molar-refractivity contribution >= 4 is 16.9 Å². The van der Waals surface area contributed by atoms with Crippen LogP contribution in [0, 0.1) is 5.82 Å². The molecule has 0 aliphatic carbocycles. The average Bonchev–Trinajstić information content (AvgIpc) is 2.90. The number of para-hydroxylation sites is 1. The number of hydrogen-bond donors (Lipinski definition) is 1. The third kappa shape index (κ3) is 2.25. The molecule has 0 unspecified atom stereocenters. The first kappa shape index (κ1) is 12.3. The molecule has 100 valence electrons. The molecule has 5 heteroatoms. The standard InChI is InChI=1S/C15H11FN2O2/c16-12-5-3-7-17-13(12)8-18-15(19)11-9-20-14-6-2-1-4-10(11)14/h1-7,9H,8H2,(H,18,19).